The quantitative estimate of drug-likeness (QED) is 0.714. The first-order valence-electron chi connectivity index (χ1n) is 7.71. The van der Waals surface area contributed by atoms with Crippen LogP contribution < -0.4 is 14.8 Å². The average molecular weight is 396 g/mol. The van der Waals surface area contributed by atoms with Crippen molar-refractivity contribution in [2.75, 3.05) is 18.5 Å². The summed E-state index contributed by atoms with van der Waals surface area (Å²) in [5.74, 6) is 0.441. The highest BCUT2D eigenvalue weighted by Gasteiger charge is 2.13. The van der Waals surface area contributed by atoms with E-state index in [4.69, 9.17) is 9.47 Å². The van der Waals surface area contributed by atoms with Crippen LogP contribution in [0.3, 0.4) is 0 Å². The van der Waals surface area contributed by atoms with Gasteiger partial charge in [-0.1, -0.05) is 6.92 Å². The van der Waals surface area contributed by atoms with Crippen molar-refractivity contribution in [3.05, 3.63) is 52.3 Å². The molecule has 0 fully saturated rings. The largest absolute Gasteiger partial charge is 0.490 e. The number of carbonyl (C=O) groups is 1. The number of halogens is 2. The summed E-state index contributed by atoms with van der Waals surface area (Å²) in [5.41, 5.74) is 0.921. The summed E-state index contributed by atoms with van der Waals surface area (Å²) in [6.45, 7) is 4.93. The molecule has 2 aromatic rings. The summed E-state index contributed by atoms with van der Waals surface area (Å²) in [5, 5.41) is 2.74. The molecule has 0 bridgehead atoms. The molecular weight excluding hydrogens is 377 g/mol. The molecule has 4 nitrogen and oxygen atoms in total. The van der Waals surface area contributed by atoms with Gasteiger partial charge in [0.15, 0.2) is 11.5 Å². The molecule has 128 valence electrons. The molecule has 6 heteroatoms. The maximum Gasteiger partial charge on any atom is 0.255 e. The lowest BCUT2D eigenvalue weighted by molar-refractivity contribution is 0.102. The first-order chi connectivity index (χ1) is 11.5. The third kappa shape index (κ3) is 4.71. The van der Waals surface area contributed by atoms with E-state index in [1.807, 2.05) is 13.8 Å². The summed E-state index contributed by atoms with van der Waals surface area (Å²) in [6.07, 6.45) is 0.881. The van der Waals surface area contributed by atoms with E-state index in [0.29, 0.717) is 40.4 Å². The van der Waals surface area contributed by atoms with Crippen LogP contribution in [0.2, 0.25) is 0 Å². The monoisotopic (exact) mass is 395 g/mol. The van der Waals surface area contributed by atoms with Crippen LogP contribution in [-0.4, -0.2) is 19.1 Å². The second-order valence-corrected chi connectivity index (χ2v) is 5.88. The maximum atomic E-state index is 13.1. The topological polar surface area (TPSA) is 47.6 Å². The Bertz CT molecular complexity index is 721. The van der Waals surface area contributed by atoms with Crippen molar-refractivity contribution >= 4 is 27.5 Å². The number of nitrogens with one attached hydrogen (secondary N) is 1. The molecule has 0 unspecified atom stereocenters. The van der Waals surface area contributed by atoms with E-state index in [-0.39, 0.29) is 11.7 Å². The summed E-state index contributed by atoms with van der Waals surface area (Å²) < 4.78 is 24.8. The summed E-state index contributed by atoms with van der Waals surface area (Å²) in [7, 11) is 0. The molecule has 2 aromatic carbocycles. The Kier molecular flexibility index (Phi) is 6.61. The Balaban J connectivity index is 2.20. The molecule has 2 rings (SSSR count). The van der Waals surface area contributed by atoms with Gasteiger partial charge in [-0.3, -0.25) is 4.79 Å². The van der Waals surface area contributed by atoms with Crippen molar-refractivity contribution in [1.29, 1.82) is 0 Å². The molecule has 0 radical (unpaired) electrons. The fraction of sp³-hybridized carbons (Fsp3) is 0.278. The number of hydrogen-bond donors (Lipinski definition) is 1. The minimum atomic E-state index is -0.379. The fourth-order valence-electron chi connectivity index (χ4n) is 2.03. The zero-order valence-corrected chi connectivity index (χ0v) is 15.2. The smallest absolute Gasteiger partial charge is 0.255 e. The molecule has 0 aliphatic heterocycles. The molecule has 0 heterocycles. The highest BCUT2D eigenvalue weighted by atomic mass is 79.9. The van der Waals surface area contributed by atoms with E-state index in [1.54, 1.807) is 18.2 Å². The Hall–Kier alpha value is -2.08. The summed E-state index contributed by atoms with van der Waals surface area (Å²) >= 11 is 3.23. The van der Waals surface area contributed by atoms with Crippen LogP contribution >= 0.6 is 15.9 Å². The van der Waals surface area contributed by atoms with E-state index in [2.05, 4.69) is 21.2 Å². The lowest BCUT2D eigenvalue weighted by Gasteiger charge is -2.13. The molecule has 1 amide bonds. The van der Waals surface area contributed by atoms with Crippen molar-refractivity contribution in [1.82, 2.24) is 0 Å². The van der Waals surface area contributed by atoms with Gasteiger partial charge in [0, 0.05) is 10.0 Å². The van der Waals surface area contributed by atoms with E-state index in [0.717, 1.165) is 6.42 Å². The molecule has 0 atom stereocenters. The van der Waals surface area contributed by atoms with Gasteiger partial charge in [-0.05, 0) is 65.7 Å². The van der Waals surface area contributed by atoms with Crippen LogP contribution in [0.15, 0.2) is 40.9 Å². The second-order valence-electron chi connectivity index (χ2n) is 5.02. The van der Waals surface area contributed by atoms with Gasteiger partial charge in [-0.2, -0.15) is 0 Å². The van der Waals surface area contributed by atoms with Gasteiger partial charge in [0.05, 0.1) is 18.9 Å². The number of ether oxygens (including phenoxy) is 2. The molecule has 1 N–H and O–H groups in total. The van der Waals surface area contributed by atoms with Gasteiger partial charge in [0.1, 0.15) is 5.82 Å². The van der Waals surface area contributed by atoms with Crippen molar-refractivity contribution in [3.63, 3.8) is 0 Å². The van der Waals surface area contributed by atoms with Crippen molar-refractivity contribution in [2.45, 2.75) is 20.3 Å². The lowest BCUT2D eigenvalue weighted by Crippen LogP contribution is -2.13. The number of benzene rings is 2. The average Bonchev–Trinajstić information content (AvgIpc) is 2.56. The highest BCUT2D eigenvalue weighted by Crippen LogP contribution is 2.30. The minimum absolute atomic E-state index is 0.315. The van der Waals surface area contributed by atoms with Crippen LogP contribution in [0.5, 0.6) is 11.5 Å². The van der Waals surface area contributed by atoms with Crippen LogP contribution in [-0.2, 0) is 0 Å². The zero-order chi connectivity index (χ0) is 17.5. The third-order valence-electron chi connectivity index (χ3n) is 3.15. The number of rotatable bonds is 7. The molecule has 0 saturated carbocycles. The van der Waals surface area contributed by atoms with Crippen molar-refractivity contribution in [2.24, 2.45) is 0 Å². The number of amides is 1. The van der Waals surface area contributed by atoms with Gasteiger partial charge < -0.3 is 14.8 Å². The van der Waals surface area contributed by atoms with Gasteiger partial charge in [-0.15, -0.1) is 0 Å². The Morgan fingerprint density at radius 3 is 2.58 bits per heavy atom. The Morgan fingerprint density at radius 1 is 1.12 bits per heavy atom. The van der Waals surface area contributed by atoms with Crippen LogP contribution in [0.1, 0.15) is 30.6 Å². The predicted octanol–water partition coefficient (Wildman–Crippen LogP) is 5.03. The van der Waals surface area contributed by atoms with Gasteiger partial charge >= 0.3 is 0 Å². The first kappa shape index (κ1) is 18.3. The maximum absolute atomic E-state index is 13.1. The lowest BCUT2D eigenvalue weighted by atomic mass is 10.1. The molecule has 0 spiro atoms. The predicted molar refractivity (Wildman–Crippen MR) is 95.5 cm³/mol. The fourth-order valence-corrected chi connectivity index (χ4v) is 2.48. The molecule has 0 aliphatic rings. The van der Waals surface area contributed by atoms with Gasteiger partial charge in [0.25, 0.3) is 5.91 Å². The van der Waals surface area contributed by atoms with E-state index >= 15 is 0 Å². The standard InChI is InChI=1S/C18H19BrFNO3/c1-3-9-24-16-8-5-12(10-17(16)23-4-2)18(22)21-15-7-6-13(20)11-14(15)19/h5-8,10-11H,3-4,9H2,1-2H3,(H,21,22). The first-order valence-corrected chi connectivity index (χ1v) is 8.50. The minimum Gasteiger partial charge on any atom is -0.490 e. The molecule has 0 saturated heterocycles. The van der Waals surface area contributed by atoms with E-state index in [9.17, 15) is 9.18 Å². The SMILES string of the molecule is CCCOc1ccc(C(=O)Nc2ccc(F)cc2Br)cc1OCC. The molecule has 0 aromatic heterocycles. The Morgan fingerprint density at radius 2 is 1.92 bits per heavy atom. The number of anilines is 1. The van der Waals surface area contributed by atoms with Gasteiger partial charge in [0.2, 0.25) is 0 Å². The highest BCUT2D eigenvalue weighted by molar-refractivity contribution is 9.10. The van der Waals surface area contributed by atoms with Gasteiger partial charge in [-0.25, -0.2) is 4.39 Å². The van der Waals surface area contributed by atoms with Crippen LogP contribution in [0.25, 0.3) is 0 Å². The second kappa shape index (κ2) is 8.68. The molecule has 0 aliphatic carbocycles. The van der Waals surface area contributed by atoms with Crippen molar-refractivity contribution < 1.29 is 18.7 Å². The van der Waals surface area contributed by atoms with E-state index in [1.165, 1.54) is 18.2 Å². The third-order valence-corrected chi connectivity index (χ3v) is 3.80. The molecular formula is C18H19BrFNO3. The molecule has 24 heavy (non-hydrogen) atoms. The number of carbonyl (C=O) groups excluding carboxylic acids is 1. The van der Waals surface area contributed by atoms with Crippen LogP contribution in [0, 0.1) is 5.82 Å². The summed E-state index contributed by atoms with van der Waals surface area (Å²) in [6, 6.07) is 9.10. The van der Waals surface area contributed by atoms with Crippen molar-refractivity contribution in [3.8, 4) is 11.5 Å². The Labute approximate surface area is 149 Å². The summed E-state index contributed by atoms with van der Waals surface area (Å²) in [4.78, 5) is 12.4. The van der Waals surface area contributed by atoms with Crippen LogP contribution in [0.4, 0.5) is 10.1 Å². The van der Waals surface area contributed by atoms with E-state index < -0.39 is 0 Å². The zero-order valence-electron chi connectivity index (χ0n) is 13.6. The number of hydrogen-bond acceptors (Lipinski definition) is 3. The normalized spacial score (nSPS) is 10.3.